The molecule has 0 aromatic heterocycles. The maximum Gasteiger partial charge on any atom is 0.318 e. The van der Waals surface area contributed by atoms with Gasteiger partial charge in [-0.15, -0.1) is 0 Å². The Balaban J connectivity index is 2.31. The van der Waals surface area contributed by atoms with Gasteiger partial charge in [0.1, 0.15) is 12.7 Å². The molecule has 0 fully saturated rings. The van der Waals surface area contributed by atoms with Gasteiger partial charge >= 0.3 is 5.97 Å². The van der Waals surface area contributed by atoms with E-state index in [0.717, 1.165) is 45.4 Å². The molecule has 1 N–H and O–H groups in total. The molecule has 0 saturated heterocycles. The highest BCUT2D eigenvalue weighted by Gasteiger charge is 2.62. The number of fused-ring (bicyclic) bond motifs is 1. The number of azide groups is 1. The second-order valence-electron chi connectivity index (χ2n) is 10.7. The van der Waals surface area contributed by atoms with Gasteiger partial charge in [0.2, 0.25) is 0 Å². The SMILES string of the molecule is CC[Si](CC)(CC)O[C@H]([C@H](N=[N+]=[N-])C(=O)OCc1ccccc1)C1(O[Si](CC)(CC)CC)C(=O)Nc2c(I)cccc21. The average Bonchev–Trinajstić information content (AvgIpc) is 3.31. The molecule has 1 heterocycles. The Bertz CT molecular complexity index is 1270. The third-order valence-electron chi connectivity index (χ3n) is 8.94. The van der Waals surface area contributed by atoms with E-state index in [2.05, 4.69) is 79.5 Å². The second kappa shape index (κ2) is 15.0. The number of esters is 1. The molecule has 1 unspecified atom stereocenters. The van der Waals surface area contributed by atoms with Crippen molar-refractivity contribution in [2.24, 2.45) is 5.11 Å². The van der Waals surface area contributed by atoms with Crippen molar-refractivity contribution in [1.82, 2.24) is 0 Å². The number of amides is 1. The zero-order valence-corrected chi connectivity index (χ0v) is 29.6. The number of halogens is 1. The van der Waals surface area contributed by atoms with Crippen molar-refractivity contribution >= 4 is 56.8 Å². The number of carbonyl (C=O) groups excluding carboxylic acids is 2. The molecule has 1 amide bonds. The van der Waals surface area contributed by atoms with Gasteiger partial charge in [0, 0.05) is 14.0 Å². The van der Waals surface area contributed by atoms with Gasteiger partial charge in [-0.2, -0.15) is 0 Å². The largest absolute Gasteiger partial charge is 0.460 e. The monoisotopic (exact) mass is 722 g/mol. The van der Waals surface area contributed by atoms with E-state index < -0.39 is 46.3 Å². The van der Waals surface area contributed by atoms with Gasteiger partial charge in [0.15, 0.2) is 28.3 Å². The van der Waals surface area contributed by atoms with Crippen LogP contribution >= 0.6 is 22.6 Å². The van der Waals surface area contributed by atoms with E-state index in [-0.39, 0.29) is 6.61 Å². The predicted octanol–water partition coefficient (Wildman–Crippen LogP) is 8.27. The molecule has 12 heteroatoms. The molecule has 0 bridgehead atoms. The molecular weight excluding hydrogens is 679 g/mol. The van der Waals surface area contributed by atoms with Crippen LogP contribution in [-0.4, -0.2) is 40.7 Å². The lowest BCUT2D eigenvalue weighted by atomic mass is 9.85. The maximum atomic E-state index is 14.5. The Labute approximate surface area is 265 Å². The van der Waals surface area contributed by atoms with Gasteiger partial charge in [-0.1, -0.05) is 89.1 Å². The maximum absolute atomic E-state index is 14.5. The van der Waals surface area contributed by atoms with E-state index in [1.165, 1.54) is 0 Å². The Morgan fingerprint density at radius 1 is 0.952 bits per heavy atom. The minimum absolute atomic E-state index is 0.00610. The lowest BCUT2D eigenvalue weighted by Gasteiger charge is -2.47. The van der Waals surface area contributed by atoms with Crippen molar-refractivity contribution in [2.75, 3.05) is 5.32 Å². The van der Waals surface area contributed by atoms with Gasteiger partial charge in [-0.25, -0.2) is 0 Å². The fraction of sp³-hybridized carbons (Fsp3) is 0.533. The average molecular weight is 723 g/mol. The topological polar surface area (TPSA) is 123 Å². The van der Waals surface area contributed by atoms with Crippen molar-refractivity contribution in [3.63, 3.8) is 0 Å². The molecule has 1 aliphatic rings. The second-order valence-corrected chi connectivity index (χ2v) is 21.3. The Kier molecular flexibility index (Phi) is 12.2. The predicted molar refractivity (Wildman–Crippen MR) is 179 cm³/mol. The van der Waals surface area contributed by atoms with Gasteiger partial charge in [0.05, 0.1) is 5.69 Å². The van der Waals surface area contributed by atoms with E-state index >= 15 is 0 Å². The van der Waals surface area contributed by atoms with E-state index in [1.54, 1.807) is 0 Å². The van der Waals surface area contributed by atoms with Crippen molar-refractivity contribution in [2.45, 2.75) is 102 Å². The summed E-state index contributed by atoms with van der Waals surface area (Å²) in [7, 11) is -5.07. The highest BCUT2D eigenvalue weighted by atomic mass is 127. The highest BCUT2D eigenvalue weighted by Crippen LogP contribution is 2.50. The zero-order chi connectivity index (χ0) is 31.0. The van der Waals surface area contributed by atoms with Crippen LogP contribution in [0.1, 0.15) is 52.7 Å². The van der Waals surface area contributed by atoms with Crippen molar-refractivity contribution in [3.8, 4) is 0 Å². The summed E-state index contributed by atoms with van der Waals surface area (Å²) in [6.45, 7) is 12.5. The summed E-state index contributed by atoms with van der Waals surface area (Å²) in [6.07, 6.45) is -1.22. The molecule has 0 spiro atoms. The summed E-state index contributed by atoms with van der Waals surface area (Å²) >= 11 is 2.19. The van der Waals surface area contributed by atoms with Crippen molar-refractivity contribution in [1.29, 1.82) is 0 Å². The molecule has 3 rings (SSSR count). The lowest BCUT2D eigenvalue weighted by molar-refractivity contribution is -0.158. The number of ether oxygens (including phenoxy) is 1. The molecule has 0 radical (unpaired) electrons. The van der Waals surface area contributed by atoms with Crippen LogP contribution < -0.4 is 5.32 Å². The number of rotatable bonds is 16. The molecule has 2 aromatic carbocycles. The van der Waals surface area contributed by atoms with Crippen LogP contribution in [0.5, 0.6) is 0 Å². The van der Waals surface area contributed by atoms with Crippen LogP contribution in [0.25, 0.3) is 10.4 Å². The van der Waals surface area contributed by atoms with Crippen LogP contribution in [0.4, 0.5) is 5.69 Å². The fourth-order valence-corrected chi connectivity index (χ4v) is 12.2. The van der Waals surface area contributed by atoms with Gasteiger partial charge in [0.25, 0.3) is 5.91 Å². The molecule has 0 aliphatic carbocycles. The van der Waals surface area contributed by atoms with Gasteiger partial charge in [-0.3, -0.25) is 9.59 Å². The Hall–Kier alpha value is -2.23. The van der Waals surface area contributed by atoms with Crippen LogP contribution in [0.15, 0.2) is 53.6 Å². The van der Waals surface area contributed by atoms with Crippen molar-refractivity contribution < 1.29 is 23.2 Å². The van der Waals surface area contributed by atoms with Gasteiger partial charge in [-0.05, 0) is 76.0 Å². The molecule has 0 saturated carbocycles. The van der Waals surface area contributed by atoms with Crippen LogP contribution in [0.2, 0.25) is 36.3 Å². The zero-order valence-electron chi connectivity index (χ0n) is 25.5. The fourth-order valence-electron chi connectivity index (χ4n) is 5.78. The molecule has 1 aliphatic heterocycles. The van der Waals surface area contributed by atoms with Crippen LogP contribution in [-0.2, 0) is 35.4 Å². The lowest BCUT2D eigenvalue weighted by Crippen LogP contribution is -2.63. The number of benzene rings is 2. The summed E-state index contributed by atoms with van der Waals surface area (Å²) in [4.78, 5) is 31.5. The standard InChI is InChI=1S/C30H43IN4O5Si2/c1-7-41(8-2,9-3)39-27(26(34-35-32)28(36)38-21-22-17-14-13-15-18-22)30(40-42(10-4,11-5)12-6)23-19-16-20-24(31)25(23)33-29(30)37/h13-20,26-27H,7-12,21H2,1-6H3,(H,33,37)/t26-,27+,30?/m0/s1. The molecule has 3 atom stereocenters. The van der Waals surface area contributed by atoms with E-state index in [0.29, 0.717) is 11.3 Å². The number of nitrogens with one attached hydrogen (secondary N) is 1. The summed E-state index contributed by atoms with van der Waals surface area (Å²) in [6, 6.07) is 18.1. The summed E-state index contributed by atoms with van der Waals surface area (Å²) in [5.41, 5.74) is 10.1. The minimum atomic E-state index is -2.54. The molecule has 42 heavy (non-hydrogen) atoms. The summed E-state index contributed by atoms with van der Waals surface area (Å²) in [5, 5.41) is 7.07. The summed E-state index contributed by atoms with van der Waals surface area (Å²) < 4.78 is 21.0. The number of hydrogen-bond acceptors (Lipinski definition) is 6. The molecule has 2 aromatic rings. The number of hydrogen-bond donors (Lipinski definition) is 1. The Morgan fingerprint density at radius 3 is 2.10 bits per heavy atom. The number of nitrogens with zero attached hydrogens (tertiary/aromatic N) is 3. The third kappa shape index (κ3) is 6.78. The first kappa shape index (κ1) is 34.3. The first-order valence-electron chi connectivity index (χ1n) is 14.9. The third-order valence-corrected chi connectivity index (χ3v) is 19.1. The summed E-state index contributed by atoms with van der Waals surface area (Å²) in [5.74, 6) is -1.15. The van der Waals surface area contributed by atoms with E-state index in [9.17, 15) is 15.1 Å². The first-order valence-corrected chi connectivity index (χ1v) is 21.0. The van der Waals surface area contributed by atoms with E-state index in [4.69, 9.17) is 13.6 Å². The highest BCUT2D eigenvalue weighted by molar-refractivity contribution is 14.1. The van der Waals surface area contributed by atoms with Gasteiger partial charge < -0.3 is 18.9 Å². The Morgan fingerprint density at radius 2 is 1.55 bits per heavy atom. The smallest absolute Gasteiger partial charge is 0.318 e. The van der Waals surface area contributed by atoms with E-state index in [1.807, 2.05) is 48.5 Å². The number of anilines is 1. The van der Waals surface area contributed by atoms with Crippen LogP contribution in [0.3, 0.4) is 0 Å². The normalized spacial score (nSPS) is 18.0. The number of para-hydroxylation sites is 1. The molecule has 9 nitrogen and oxygen atoms in total. The molecular formula is C30H43IN4O5Si2. The quantitative estimate of drug-likeness (QED) is 0.0467. The first-order chi connectivity index (χ1) is 20.1. The van der Waals surface area contributed by atoms with Crippen molar-refractivity contribution in [3.05, 3.63) is 73.7 Å². The molecule has 228 valence electrons. The number of carbonyl (C=O) groups is 2. The minimum Gasteiger partial charge on any atom is -0.460 e. The van der Waals surface area contributed by atoms with Crippen LogP contribution in [0, 0.1) is 3.57 Å².